The van der Waals surface area contributed by atoms with Crippen LogP contribution < -0.4 is 4.74 Å². The maximum atomic E-state index is 13.3. The molecule has 2 unspecified atom stereocenters. The SMILES string of the molecule is Cc1cccc(COC2CCCC(OCc3nc(-c4cccc(OC(F)(F)C(F)F)c4)oc3C)C2)c1C(=O)O. The van der Waals surface area contributed by atoms with Crippen molar-refractivity contribution in [3.8, 4) is 17.2 Å². The second-order valence-electron chi connectivity index (χ2n) is 9.46. The van der Waals surface area contributed by atoms with Gasteiger partial charge in [0.25, 0.3) is 0 Å². The molecule has 39 heavy (non-hydrogen) atoms. The van der Waals surface area contributed by atoms with E-state index in [1.807, 2.05) is 6.07 Å². The smallest absolute Gasteiger partial charge is 0.461 e. The molecule has 0 amide bonds. The lowest BCUT2D eigenvalue weighted by atomic mass is 9.94. The highest BCUT2D eigenvalue weighted by Gasteiger charge is 2.44. The number of rotatable bonds is 11. The van der Waals surface area contributed by atoms with E-state index < -0.39 is 24.3 Å². The lowest BCUT2D eigenvalue weighted by molar-refractivity contribution is -0.253. The molecule has 1 N–H and O–H groups in total. The molecule has 210 valence electrons. The molecular formula is C28H29F4NO6. The second-order valence-corrected chi connectivity index (χ2v) is 9.46. The molecule has 11 heteroatoms. The van der Waals surface area contributed by atoms with Crippen LogP contribution >= 0.6 is 0 Å². The largest absolute Gasteiger partial charge is 0.478 e. The summed E-state index contributed by atoms with van der Waals surface area (Å²) in [6.45, 7) is 3.78. The monoisotopic (exact) mass is 551 g/mol. The van der Waals surface area contributed by atoms with Crippen LogP contribution in [-0.2, 0) is 22.7 Å². The van der Waals surface area contributed by atoms with Gasteiger partial charge in [-0.1, -0.05) is 24.3 Å². The number of carboxylic acid groups (broad SMARTS) is 1. The molecule has 3 aromatic rings. The molecule has 2 atom stereocenters. The average molecular weight is 552 g/mol. The Kier molecular flexibility index (Phi) is 8.91. The fraction of sp³-hybridized carbons (Fsp3) is 0.429. The Morgan fingerprint density at radius 2 is 1.79 bits per heavy atom. The van der Waals surface area contributed by atoms with E-state index in [1.165, 1.54) is 12.1 Å². The Hall–Kier alpha value is -3.44. The Morgan fingerprint density at radius 3 is 2.49 bits per heavy atom. The summed E-state index contributed by atoms with van der Waals surface area (Å²) >= 11 is 0. The molecule has 7 nitrogen and oxygen atoms in total. The van der Waals surface area contributed by atoms with Crippen LogP contribution in [0.2, 0.25) is 0 Å². The third kappa shape index (κ3) is 7.15. The summed E-state index contributed by atoms with van der Waals surface area (Å²) in [6.07, 6.45) is -5.60. The van der Waals surface area contributed by atoms with E-state index in [0.29, 0.717) is 29.0 Å². The van der Waals surface area contributed by atoms with Crippen LogP contribution in [0.25, 0.3) is 11.5 Å². The summed E-state index contributed by atoms with van der Waals surface area (Å²) in [6, 6.07) is 10.5. The number of nitrogens with zero attached hydrogens (tertiary/aromatic N) is 1. The number of ether oxygens (including phenoxy) is 3. The number of oxazole rings is 1. The summed E-state index contributed by atoms with van der Waals surface area (Å²) in [7, 11) is 0. The van der Waals surface area contributed by atoms with Gasteiger partial charge in [0.15, 0.2) is 0 Å². The zero-order valence-corrected chi connectivity index (χ0v) is 21.5. The maximum Gasteiger partial charge on any atom is 0.461 e. The van der Waals surface area contributed by atoms with Crippen LogP contribution in [0.15, 0.2) is 46.9 Å². The molecule has 1 aliphatic rings. The minimum Gasteiger partial charge on any atom is -0.478 e. The number of carbonyl (C=O) groups is 1. The Balaban J connectivity index is 1.34. The van der Waals surface area contributed by atoms with Crippen molar-refractivity contribution in [1.29, 1.82) is 0 Å². The molecule has 2 aromatic carbocycles. The summed E-state index contributed by atoms with van der Waals surface area (Å²) in [4.78, 5) is 16.0. The number of alkyl halides is 4. The summed E-state index contributed by atoms with van der Waals surface area (Å²) in [5.74, 6) is -0.835. The molecule has 0 spiro atoms. The van der Waals surface area contributed by atoms with E-state index >= 15 is 0 Å². The van der Waals surface area contributed by atoms with Crippen molar-refractivity contribution in [3.05, 3.63) is 70.6 Å². The number of carboxylic acids is 1. The van der Waals surface area contributed by atoms with Gasteiger partial charge >= 0.3 is 18.5 Å². The first-order chi connectivity index (χ1) is 18.5. The van der Waals surface area contributed by atoms with E-state index in [1.54, 1.807) is 26.0 Å². The van der Waals surface area contributed by atoms with Crippen molar-refractivity contribution < 1.29 is 46.1 Å². The first kappa shape index (κ1) is 28.6. The fourth-order valence-electron chi connectivity index (χ4n) is 4.54. The summed E-state index contributed by atoms with van der Waals surface area (Å²) in [5.41, 5.74) is 2.38. The molecule has 1 fully saturated rings. The molecule has 1 heterocycles. The van der Waals surface area contributed by atoms with Crippen LogP contribution in [0.1, 0.15) is 58.6 Å². The molecule has 1 aliphatic carbocycles. The second kappa shape index (κ2) is 12.2. The van der Waals surface area contributed by atoms with Crippen molar-refractivity contribution >= 4 is 5.97 Å². The van der Waals surface area contributed by atoms with Crippen molar-refractivity contribution in [2.75, 3.05) is 0 Å². The normalized spacial score (nSPS) is 17.9. The number of aromatic carboxylic acids is 1. The highest BCUT2D eigenvalue weighted by Crippen LogP contribution is 2.32. The first-order valence-corrected chi connectivity index (χ1v) is 12.5. The van der Waals surface area contributed by atoms with E-state index in [0.717, 1.165) is 31.4 Å². The molecule has 0 bridgehead atoms. The third-order valence-electron chi connectivity index (χ3n) is 6.56. The van der Waals surface area contributed by atoms with E-state index in [-0.39, 0.29) is 42.4 Å². The fourth-order valence-corrected chi connectivity index (χ4v) is 4.54. The molecular weight excluding hydrogens is 522 g/mol. The van der Waals surface area contributed by atoms with Crippen LogP contribution in [0, 0.1) is 13.8 Å². The zero-order valence-electron chi connectivity index (χ0n) is 21.5. The molecule has 4 rings (SSSR count). The van der Waals surface area contributed by atoms with Crippen LogP contribution in [0.4, 0.5) is 17.6 Å². The van der Waals surface area contributed by atoms with E-state index in [9.17, 15) is 27.5 Å². The van der Waals surface area contributed by atoms with Gasteiger partial charge < -0.3 is 23.7 Å². The third-order valence-corrected chi connectivity index (χ3v) is 6.56. The van der Waals surface area contributed by atoms with E-state index in [4.69, 9.17) is 13.9 Å². The van der Waals surface area contributed by atoms with Gasteiger partial charge in [-0.2, -0.15) is 17.6 Å². The minimum absolute atomic E-state index is 0.0889. The highest BCUT2D eigenvalue weighted by atomic mass is 19.3. The molecule has 0 aliphatic heterocycles. The predicted molar refractivity (Wildman–Crippen MR) is 132 cm³/mol. The number of aryl methyl sites for hydroxylation is 2. The zero-order chi connectivity index (χ0) is 28.2. The lowest BCUT2D eigenvalue weighted by Gasteiger charge is -2.29. The van der Waals surface area contributed by atoms with Gasteiger partial charge in [0.2, 0.25) is 5.89 Å². The Morgan fingerprint density at radius 1 is 1.10 bits per heavy atom. The topological polar surface area (TPSA) is 91.0 Å². The quantitative estimate of drug-likeness (QED) is 0.258. The van der Waals surface area contributed by atoms with Gasteiger partial charge in [-0.05, 0) is 68.9 Å². The Labute approximate surface area is 222 Å². The van der Waals surface area contributed by atoms with Crippen molar-refractivity contribution in [2.24, 2.45) is 0 Å². The predicted octanol–water partition coefficient (Wildman–Crippen LogP) is 6.94. The number of halogens is 4. The van der Waals surface area contributed by atoms with Crippen LogP contribution in [0.5, 0.6) is 5.75 Å². The molecule has 1 aromatic heterocycles. The number of aromatic nitrogens is 1. The molecule has 1 saturated carbocycles. The van der Waals surface area contributed by atoms with Crippen molar-refractivity contribution in [1.82, 2.24) is 4.98 Å². The highest BCUT2D eigenvalue weighted by molar-refractivity contribution is 5.91. The van der Waals surface area contributed by atoms with Crippen molar-refractivity contribution in [3.63, 3.8) is 0 Å². The average Bonchev–Trinajstić information content (AvgIpc) is 3.26. The number of hydrogen-bond acceptors (Lipinski definition) is 6. The van der Waals surface area contributed by atoms with Gasteiger partial charge in [0.1, 0.15) is 17.2 Å². The summed E-state index contributed by atoms with van der Waals surface area (Å²) in [5, 5.41) is 9.53. The van der Waals surface area contributed by atoms with Crippen LogP contribution in [0.3, 0.4) is 0 Å². The van der Waals surface area contributed by atoms with Gasteiger partial charge in [-0.15, -0.1) is 0 Å². The number of benzene rings is 2. The standard InChI is InChI=1S/C28H29F4NO6/c1-16-6-3-8-19(24(16)26(34)35)14-36-20-9-5-10-21(13-20)37-15-23-17(2)38-25(33-23)18-7-4-11-22(12-18)39-28(31,32)27(29)30/h3-4,6-8,11-12,20-21,27H,5,9-10,13-15H2,1-2H3,(H,34,35). The van der Waals surface area contributed by atoms with Crippen LogP contribution in [-0.4, -0.2) is 40.8 Å². The number of hydrogen-bond donors (Lipinski definition) is 1. The van der Waals surface area contributed by atoms with E-state index in [2.05, 4.69) is 9.72 Å². The first-order valence-electron chi connectivity index (χ1n) is 12.5. The molecule has 0 saturated heterocycles. The van der Waals surface area contributed by atoms with Crippen molar-refractivity contribution in [2.45, 2.75) is 77.5 Å². The molecule has 0 radical (unpaired) electrons. The lowest BCUT2D eigenvalue weighted by Crippen LogP contribution is -2.33. The maximum absolute atomic E-state index is 13.3. The van der Waals surface area contributed by atoms with Gasteiger partial charge in [0.05, 0.1) is 31.0 Å². The van der Waals surface area contributed by atoms with Gasteiger partial charge in [0, 0.05) is 5.56 Å². The van der Waals surface area contributed by atoms with Gasteiger partial charge in [-0.3, -0.25) is 0 Å². The van der Waals surface area contributed by atoms with Gasteiger partial charge in [-0.25, -0.2) is 9.78 Å². The minimum atomic E-state index is -4.62. The summed E-state index contributed by atoms with van der Waals surface area (Å²) < 4.78 is 73.4. The Bertz CT molecular complexity index is 1290.